The second-order valence-electron chi connectivity index (χ2n) is 5.19. The van der Waals surface area contributed by atoms with E-state index in [1.165, 1.54) is 6.07 Å². The molecule has 2 heterocycles. The lowest BCUT2D eigenvalue weighted by molar-refractivity contribution is -0.384. The van der Waals surface area contributed by atoms with Gasteiger partial charge in [0, 0.05) is 12.1 Å². The Morgan fingerprint density at radius 2 is 2.25 bits per heavy atom. The van der Waals surface area contributed by atoms with E-state index in [4.69, 9.17) is 9.47 Å². The van der Waals surface area contributed by atoms with Crippen LogP contribution < -0.4 is 5.32 Å². The van der Waals surface area contributed by atoms with Gasteiger partial charge in [-0.2, -0.15) is 0 Å². The molecule has 0 saturated carbocycles. The van der Waals surface area contributed by atoms with Crippen molar-refractivity contribution in [1.82, 2.24) is 4.98 Å². The predicted molar refractivity (Wildman–Crippen MR) is 81.8 cm³/mol. The van der Waals surface area contributed by atoms with Crippen molar-refractivity contribution in [3.05, 3.63) is 27.4 Å². The molecule has 10 heteroatoms. The van der Waals surface area contributed by atoms with E-state index in [-0.39, 0.29) is 24.4 Å². The van der Waals surface area contributed by atoms with Crippen molar-refractivity contribution in [3.63, 3.8) is 0 Å². The van der Waals surface area contributed by atoms with E-state index in [0.29, 0.717) is 18.9 Å². The number of aromatic nitrogens is 1. The number of nitrogens with zero attached hydrogens (tertiary/aromatic N) is 2. The summed E-state index contributed by atoms with van der Waals surface area (Å²) < 4.78 is 15.2. The summed E-state index contributed by atoms with van der Waals surface area (Å²) in [5.41, 5.74) is -0.310. The van der Waals surface area contributed by atoms with Crippen LogP contribution in [-0.2, 0) is 14.2 Å². The standard InChI is InChI=1S/C14H19N3O7/c1-8-5-10(14(19)22-2)12(17(20)21)13(15-8)16-9(7-18)6-11-23-3-4-24-11/h5,9,11,18H,3-4,6-7H2,1-2H3,(H,15,16). The summed E-state index contributed by atoms with van der Waals surface area (Å²) >= 11 is 0. The van der Waals surface area contributed by atoms with Crippen molar-refractivity contribution < 1.29 is 29.0 Å². The molecule has 2 rings (SSSR count). The van der Waals surface area contributed by atoms with Crippen LogP contribution in [0.5, 0.6) is 0 Å². The van der Waals surface area contributed by atoms with Gasteiger partial charge >= 0.3 is 11.7 Å². The quantitative estimate of drug-likeness (QED) is 0.416. The molecule has 0 bridgehead atoms. The van der Waals surface area contributed by atoms with E-state index >= 15 is 0 Å². The number of carbonyl (C=O) groups is 1. The predicted octanol–water partition coefficient (Wildman–Crippen LogP) is 0.621. The number of ether oxygens (including phenoxy) is 3. The fourth-order valence-corrected chi connectivity index (χ4v) is 2.37. The van der Waals surface area contributed by atoms with Crippen LogP contribution in [-0.4, -0.2) is 60.2 Å². The van der Waals surface area contributed by atoms with Gasteiger partial charge in [0.15, 0.2) is 6.29 Å². The van der Waals surface area contributed by atoms with Crippen LogP contribution in [0.1, 0.15) is 22.5 Å². The molecule has 1 saturated heterocycles. The molecule has 1 aliphatic heterocycles. The third kappa shape index (κ3) is 4.16. The molecule has 2 N–H and O–H groups in total. The molecule has 24 heavy (non-hydrogen) atoms. The molecular formula is C14H19N3O7. The molecule has 0 aliphatic carbocycles. The fourth-order valence-electron chi connectivity index (χ4n) is 2.37. The Morgan fingerprint density at radius 1 is 1.58 bits per heavy atom. The Labute approximate surface area is 137 Å². The summed E-state index contributed by atoms with van der Waals surface area (Å²) in [5, 5.41) is 23.7. The summed E-state index contributed by atoms with van der Waals surface area (Å²) in [7, 11) is 1.14. The zero-order chi connectivity index (χ0) is 17.7. The number of rotatable bonds is 7. The van der Waals surface area contributed by atoms with Gasteiger partial charge in [-0.25, -0.2) is 9.78 Å². The second kappa shape index (κ2) is 7.99. The van der Waals surface area contributed by atoms with Crippen molar-refractivity contribution in [1.29, 1.82) is 0 Å². The van der Waals surface area contributed by atoms with Gasteiger partial charge in [0.05, 0.1) is 37.9 Å². The van der Waals surface area contributed by atoms with Crippen LogP contribution in [0.4, 0.5) is 11.5 Å². The molecule has 1 unspecified atom stereocenters. The fraction of sp³-hybridized carbons (Fsp3) is 0.571. The van der Waals surface area contributed by atoms with E-state index in [9.17, 15) is 20.0 Å². The molecule has 0 amide bonds. The number of esters is 1. The van der Waals surface area contributed by atoms with Gasteiger partial charge in [0.2, 0.25) is 5.82 Å². The number of aliphatic hydroxyl groups excluding tert-OH is 1. The largest absolute Gasteiger partial charge is 0.465 e. The Bertz CT molecular complexity index is 617. The van der Waals surface area contributed by atoms with Gasteiger partial charge in [-0.1, -0.05) is 0 Å². The number of methoxy groups -OCH3 is 1. The molecule has 132 valence electrons. The van der Waals surface area contributed by atoms with Crippen molar-refractivity contribution in [3.8, 4) is 0 Å². The summed E-state index contributed by atoms with van der Waals surface area (Å²) in [6, 6.07) is 0.693. The van der Waals surface area contributed by atoms with Gasteiger partial charge in [0.25, 0.3) is 0 Å². The molecule has 0 spiro atoms. The average molecular weight is 341 g/mol. The maximum absolute atomic E-state index is 11.8. The lowest BCUT2D eigenvalue weighted by atomic mass is 10.1. The molecule has 1 aromatic heterocycles. The lowest BCUT2D eigenvalue weighted by Crippen LogP contribution is -2.30. The minimum Gasteiger partial charge on any atom is -0.465 e. The topological polar surface area (TPSA) is 133 Å². The Morgan fingerprint density at radius 3 is 2.79 bits per heavy atom. The number of pyridine rings is 1. The van der Waals surface area contributed by atoms with Gasteiger partial charge in [0.1, 0.15) is 5.56 Å². The number of anilines is 1. The van der Waals surface area contributed by atoms with Gasteiger partial charge in [-0.3, -0.25) is 10.1 Å². The van der Waals surface area contributed by atoms with E-state index in [2.05, 4.69) is 15.0 Å². The molecule has 1 fully saturated rings. The first-order valence-electron chi connectivity index (χ1n) is 7.31. The van der Waals surface area contributed by atoms with Crippen LogP contribution in [0.25, 0.3) is 0 Å². The van der Waals surface area contributed by atoms with E-state index in [1.807, 2.05) is 0 Å². The van der Waals surface area contributed by atoms with E-state index < -0.39 is 28.9 Å². The van der Waals surface area contributed by atoms with Crippen molar-refractivity contribution in [2.45, 2.75) is 25.7 Å². The highest BCUT2D eigenvalue weighted by molar-refractivity contribution is 5.96. The summed E-state index contributed by atoms with van der Waals surface area (Å²) in [6.45, 7) is 2.19. The van der Waals surface area contributed by atoms with Crippen molar-refractivity contribution >= 4 is 17.5 Å². The van der Waals surface area contributed by atoms with E-state index in [0.717, 1.165) is 7.11 Å². The molecule has 1 aromatic rings. The number of nitrogens with one attached hydrogen (secondary N) is 1. The number of aryl methyl sites for hydroxylation is 1. The Balaban J connectivity index is 2.31. The first kappa shape index (κ1) is 18.0. The Hall–Kier alpha value is -2.30. The van der Waals surface area contributed by atoms with Crippen LogP contribution in [0.15, 0.2) is 6.07 Å². The van der Waals surface area contributed by atoms with Crippen molar-refractivity contribution in [2.24, 2.45) is 0 Å². The molecule has 1 atom stereocenters. The lowest BCUT2D eigenvalue weighted by Gasteiger charge is -2.20. The first-order valence-corrected chi connectivity index (χ1v) is 7.31. The van der Waals surface area contributed by atoms with Crippen LogP contribution in [0.3, 0.4) is 0 Å². The summed E-state index contributed by atoms with van der Waals surface area (Å²) in [5.74, 6) is -0.948. The van der Waals surface area contributed by atoms with Gasteiger partial charge in [-0.15, -0.1) is 0 Å². The van der Waals surface area contributed by atoms with Crippen molar-refractivity contribution in [2.75, 3.05) is 32.2 Å². The third-order valence-electron chi connectivity index (χ3n) is 3.44. The van der Waals surface area contributed by atoms with E-state index in [1.54, 1.807) is 6.92 Å². The molecular weight excluding hydrogens is 322 g/mol. The van der Waals surface area contributed by atoms with Crippen LogP contribution in [0, 0.1) is 17.0 Å². The van der Waals surface area contributed by atoms with Gasteiger partial charge < -0.3 is 24.6 Å². The maximum Gasteiger partial charge on any atom is 0.345 e. The highest BCUT2D eigenvalue weighted by Crippen LogP contribution is 2.29. The number of aliphatic hydroxyl groups is 1. The minimum absolute atomic E-state index is 0.113. The zero-order valence-electron chi connectivity index (χ0n) is 13.4. The molecule has 0 radical (unpaired) electrons. The van der Waals surface area contributed by atoms with Crippen LogP contribution >= 0.6 is 0 Å². The average Bonchev–Trinajstić information content (AvgIpc) is 3.05. The normalized spacial score (nSPS) is 16.0. The number of hydrogen-bond acceptors (Lipinski definition) is 9. The van der Waals surface area contributed by atoms with Crippen LogP contribution in [0.2, 0.25) is 0 Å². The monoisotopic (exact) mass is 341 g/mol. The molecule has 1 aliphatic rings. The number of nitro groups is 1. The highest BCUT2D eigenvalue weighted by atomic mass is 16.7. The second-order valence-corrected chi connectivity index (χ2v) is 5.19. The summed E-state index contributed by atoms with van der Waals surface area (Å²) in [6.07, 6.45) is -0.227. The Kier molecular flexibility index (Phi) is 6.01. The maximum atomic E-state index is 11.8. The first-order chi connectivity index (χ1) is 11.5. The highest BCUT2D eigenvalue weighted by Gasteiger charge is 2.30. The summed E-state index contributed by atoms with van der Waals surface area (Å²) in [4.78, 5) is 26.6. The minimum atomic E-state index is -0.835. The molecule has 10 nitrogen and oxygen atoms in total. The number of hydrogen-bond donors (Lipinski definition) is 2. The zero-order valence-corrected chi connectivity index (χ0v) is 13.4. The molecule has 0 aromatic carbocycles. The SMILES string of the molecule is COC(=O)c1cc(C)nc(NC(CO)CC2OCCO2)c1[N+](=O)[O-]. The smallest absolute Gasteiger partial charge is 0.345 e. The third-order valence-corrected chi connectivity index (χ3v) is 3.44. The van der Waals surface area contributed by atoms with Gasteiger partial charge in [-0.05, 0) is 13.0 Å². The number of carbonyl (C=O) groups excluding carboxylic acids is 1.